The molecule has 88 valence electrons. The molecular weight excluding hydrogens is 220 g/mol. The predicted octanol–water partition coefficient (Wildman–Crippen LogP) is 3.65. The van der Waals surface area contributed by atoms with Gasteiger partial charge in [0.1, 0.15) is 0 Å². The molecule has 0 saturated heterocycles. The van der Waals surface area contributed by atoms with Gasteiger partial charge in [-0.3, -0.25) is 4.79 Å². The van der Waals surface area contributed by atoms with E-state index < -0.39 is 5.97 Å². The minimum atomic E-state index is -0.719. The predicted molar refractivity (Wildman–Crippen MR) is 68.1 cm³/mol. The van der Waals surface area contributed by atoms with Crippen molar-refractivity contribution in [1.82, 2.24) is 0 Å². The van der Waals surface area contributed by atoms with Crippen molar-refractivity contribution in [3.8, 4) is 0 Å². The number of thioether (sulfide) groups is 1. The second-order valence-electron chi connectivity index (χ2n) is 3.99. The standard InChI is InChI=1S/C13H18O2S/c1-4-11(8-13(14)15)16-12-6-5-9(2)10(3)7-12/h5-7,11H,4,8H2,1-3H3,(H,14,15). The van der Waals surface area contributed by atoms with Gasteiger partial charge in [0.2, 0.25) is 0 Å². The van der Waals surface area contributed by atoms with Crippen molar-refractivity contribution in [3.63, 3.8) is 0 Å². The lowest BCUT2D eigenvalue weighted by Gasteiger charge is -2.12. The maximum absolute atomic E-state index is 10.7. The molecule has 0 spiro atoms. The molecule has 0 radical (unpaired) electrons. The minimum Gasteiger partial charge on any atom is -0.481 e. The number of hydrogen-bond donors (Lipinski definition) is 1. The molecule has 1 aromatic carbocycles. The number of aliphatic carboxylic acids is 1. The molecule has 1 unspecified atom stereocenters. The molecule has 0 aliphatic carbocycles. The number of aryl methyl sites for hydroxylation is 2. The Morgan fingerprint density at radius 2 is 2.06 bits per heavy atom. The van der Waals surface area contributed by atoms with E-state index in [1.807, 2.05) is 6.92 Å². The van der Waals surface area contributed by atoms with E-state index >= 15 is 0 Å². The number of carboxylic acids is 1. The molecule has 1 atom stereocenters. The van der Waals surface area contributed by atoms with Gasteiger partial charge in [-0.2, -0.15) is 0 Å². The van der Waals surface area contributed by atoms with Gasteiger partial charge in [0.25, 0.3) is 0 Å². The quantitative estimate of drug-likeness (QED) is 0.796. The lowest BCUT2D eigenvalue weighted by Crippen LogP contribution is -2.08. The van der Waals surface area contributed by atoms with Crippen LogP contribution >= 0.6 is 11.8 Å². The fraction of sp³-hybridized carbons (Fsp3) is 0.462. The van der Waals surface area contributed by atoms with Gasteiger partial charge in [0.15, 0.2) is 0 Å². The van der Waals surface area contributed by atoms with Crippen LogP contribution in [0.4, 0.5) is 0 Å². The molecule has 16 heavy (non-hydrogen) atoms. The summed E-state index contributed by atoms with van der Waals surface area (Å²) in [5.41, 5.74) is 2.53. The molecule has 0 aromatic heterocycles. The van der Waals surface area contributed by atoms with Gasteiger partial charge in [-0.15, -0.1) is 11.8 Å². The summed E-state index contributed by atoms with van der Waals surface area (Å²) in [6, 6.07) is 6.28. The highest BCUT2D eigenvalue weighted by Gasteiger charge is 2.12. The van der Waals surface area contributed by atoms with Crippen LogP contribution in [0.5, 0.6) is 0 Å². The van der Waals surface area contributed by atoms with Gasteiger partial charge >= 0.3 is 5.97 Å². The molecule has 1 aromatic rings. The number of rotatable bonds is 5. The molecule has 0 heterocycles. The van der Waals surface area contributed by atoms with Crippen LogP contribution in [0.3, 0.4) is 0 Å². The summed E-state index contributed by atoms with van der Waals surface area (Å²) < 4.78 is 0. The van der Waals surface area contributed by atoms with Crippen molar-refractivity contribution in [2.45, 2.75) is 43.8 Å². The summed E-state index contributed by atoms with van der Waals surface area (Å²) in [5.74, 6) is -0.719. The highest BCUT2D eigenvalue weighted by molar-refractivity contribution is 8.00. The van der Waals surface area contributed by atoms with Crippen molar-refractivity contribution < 1.29 is 9.90 Å². The summed E-state index contributed by atoms with van der Waals surface area (Å²) in [4.78, 5) is 11.8. The van der Waals surface area contributed by atoms with Crippen LogP contribution in [0.2, 0.25) is 0 Å². The summed E-state index contributed by atoms with van der Waals surface area (Å²) in [6.07, 6.45) is 1.11. The van der Waals surface area contributed by atoms with Crippen LogP contribution in [0.25, 0.3) is 0 Å². The smallest absolute Gasteiger partial charge is 0.304 e. The molecule has 0 saturated carbocycles. The first-order valence-corrected chi connectivity index (χ1v) is 6.36. The Hall–Kier alpha value is -0.960. The number of benzene rings is 1. The van der Waals surface area contributed by atoms with Crippen molar-refractivity contribution in [1.29, 1.82) is 0 Å². The van der Waals surface area contributed by atoms with Gasteiger partial charge < -0.3 is 5.11 Å². The van der Waals surface area contributed by atoms with Gasteiger partial charge in [-0.25, -0.2) is 0 Å². The number of carbonyl (C=O) groups is 1. The topological polar surface area (TPSA) is 37.3 Å². The Morgan fingerprint density at radius 3 is 2.56 bits per heavy atom. The molecule has 0 aliphatic heterocycles. The van der Waals surface area contributed by atoms with Gasteiger partial charge in [0, 0.05) is 10.1 Å². The van der Waals surface area contributed by atoms with Crippen LogP contribution in [-0.4, -0.2) is 16.3 Å². The van der Waals surface area contributed by atoms with E-state index in [0.717, 1.165) is 11.3 Å². The van der Waals surface area contributed by atoms with Gasteiger partial charge in [-0.1, -0.05) is 13.0 Å². The Morgan fingerprint density at radius 1 is 1.38 bits per heavy atom. The van der Waals surface area contributed by atoms with Gasteiger partial charge in [0.05, 0.1) is 6.42 Å². The van der Waals surface area contributed by atoms with Crippen LogP contribution in [-0.2, 0) is 4.79 Å². The fourth-order valence-corrected chi connectivity index (χ4v) is 2.61. The highest BCUT2D eigenvalue weighted by atomic mass is 32.2. The first-order chi connectivity index (χ1) is 7.52. The first-order valence-electron chi connectivity index (χ1n) is 5.48. The van der Waals surface area contributed by atoms with Crippen LogP contribution < -0.4 is 0 Å². The second kappa shape index (κ2) is 5.94. The van der Waals surface area contributed by atoms with E-state index in [1.54, 1.807) is 11.8 Å². The molecule has 2 nitrogen and oxygen atoms in total. The Labute approximate surface area is 101 Å². The van der Waals surface area contributed by atoms with E-state index in [9.17, 15) is 4.79 Å². The number of carboxylic acid groups (broad SMARTS) is 1. The Kier molecular flexibility index (Phi) is 4.87. The number of hydrogen-bond acceptors (Lipinski definition) is 2. The van der Waals surface area contributed by atoms with E-state index in [4.69, 9.17) is 5.11 Å². The normalized spacial score (nSPS) is 12.4. The van der Waals surface area contributed by atoms with Crippen LogP contribution in [0.15, 0.2) is 23.1 Å². The second-order valence-corrected chi connectivity index (χ2v) is 5.37. The molecule has 0 bridgehead atoms. The first kappa shape index (κ1) is 13.1. The average Bonchev–Trinajstić information content (AvgIpc) is 2.22. The van der Waals surface area contributed by atoms with Gasteiger partial charge in [-0.05, 0) is 43.5 Å². The maximum Gasteiger partial charge on any atom is 0.304 e. The van der Waals surface area contributed by atoms with E-state index in [0.29, 0.717) is 0 Å². The molecule has 0 amide bonds. The zero-order valence-electron chi connectivity index (χ0n) is 9.99. The molecule has 3 heteroatoms. The molecule has 0 aliphatic rings. The zero-order chi connectivity index (χ0) is 12.1. The third-order valence-corrected chi connectivity index (χ3v) is 4.00. The largest absolute Gasteiger partial charge is 0.481 e. The molecule has 0 fully saturated rings. The lowest BCUT2D eigenvalue weighted by molar-refractivity contribution is -0.136. The fourth-order valence-electron chi connectivity index (χ4n) is 1.44. The Bertz CT molecular complexity index is 374. The van der Waals surface area contributed by atoms with E-state index in [2.05, 4.69) is 32.0 Å². The summed E-state index contributed by atoms with van der Waals surface area (Å²) in [7, 11) is 0. The Balaban J connectivity index is 2.70. The van der Waals surface area contributed by atoms with E-state index in [-0.39, 0.29) is 11.7 Å². The van der Waals surface area contributed by atoms with Crippen molar-refractivity contribution >= 4 is 17.7 Å². The third kappa shape index (κ3) is 3.89. The summed E-state index contributed by atoms with van der Waals surface area (Å²) >= 11 is 1.66. The average molecular weight is 238 g/mol. The zero-order valence-corrected chi connectivity index (χ0v) is 10.8. The summed E-state index contributed by atoms with van der Waals surface area (Å²) in [6.45, 7) is 6.19. The van der Waals surface area contributed by atoms with E-state index in [1.165, 1.54) is 11.1 Å². The minimum absolute atomic E-state index is 0.166. The maximum atomic E-state index is 10.7. The third-order valence-electron chi connectivity index (χ3n) is 2.64. The lowest BCUT2D eigenvalue weighted by atomic mass is 10.1. The summed E-state index contributed by atoms with van der Waals surface area (Å²) in [5, 5.41) is 8.94. The molecular formula is C13H18O2S. The SMILES string of the molecule is CCC(CC(=O)O)Sc1ccc(C)c(C)c1. The highest BCUT2D eigenvalue weighted by Crippen LogP contribution is 2.28. The molecule has 1 N–H and O–H groups in total. The van der Waals surface area contributed by atoms with Crippen molar-refractivity contribution in [2.75, 3.05) is 0 Å². The van der Waals surface area contributed by atoms with Crippen molar-refractivity contribution in [3.05, 3.63) is 29.3 Å². The van der Waals surface area contributed by atoms with Crippen LogP contribution in [0, 0.1) is 13.8 Å². The monoisotopic (exact) mass is 238 g/mol. The molecule has 1 rings (SSSR count). The van der Waals surface area contributed by atoms with Crippen LogP contribution in [0.1, 0.15) is 30.9 Å². The van der Waals surface area contributed by atoms with Crippen molar-refractivity contribution in [2.24, 2.45) is 0 Å².